The molecule has 30 heavy (non-hydrogen) atoms. The largest absolute Gasteiger partial charge is 0.496 e. The van der Waals surface area contributed by atoms with Crippen molar-refractivity contribution >= 4 is 28.4 Å². The molecule has 4 rings (SSSR count). The van der Waals surface area contributed by atoms with E-state index in [1.54, 1.807) is 13.3 Å². The van der Waals surface area contributed by atoms with Crippen LogP contribution in [0.2, 0.25) is 5.02 Å². The molecular weight excluding hydrogens is 400 g/mol. The minimum absolute atomic E-state index is 0.0651. The molecule has 0 aliphatic heterocycles. The smallest absolute Gasteiger partial charge is 0.222 e. The van der Waals surface area contributed by atoms with Crippen LogP contribution >= 0.6 is 11.6 Å². The molecule has 2 aromatic carbocycles. The van der Waals surface area contributed by atoms with Gasteiger partial charge in [0.25, 0.3) is 0 Å². The number of methoxy groups -OCH3 is 1. The van der Waals surface area contributed by atoms with Crippen LogP contribution in [0.3, 0.4) is 0 Å². The van der Waals surface area contributed by atoms with Crippen molar-refractivity contribution in [3.05, 3.63) is 83.5 Å². The first-order chi connectivity index (χ1) is 14.6. The average molecular weight is 423 g/mol. The number of amides is 1. The first-order valence-electron chi connectivity index (χ1n) is 9.70. The van der Waals surface area contributed by atoms with Gasteiger partial charge in [0, 0.05) is 60.1 Å². The van der Waals surface area contributed by atoms with Gasteiger partial charge in [-0.15, -0.1) is 0 Å². The summed E-state index contributed by atoms with van der Waals surface area (Å²) in [6.45, 7) is 0.566. The van der Waals surface area contributed by atoms with Gasteiger partial charge in [0.05, 0.1) is 7.11 Å². The fourth-order valence-corrected chi connectivity index (χ4v) is 3.84. The van der Waals surface area contributed by atoms with Crippen LogP contribution in [0.1, 0.15) is 23.9 Å². The van der Waals surface area contributed by atoms with Crippen LogP contribution in [-0.4, -0.2) is 27.1 Å². The van der Waals surface area contributed by atoms with Crippen molar-refractivity contribution in [1.82, 2.24) is 19.4 Å². The first kappa shape index (κ1) is 20.0. The third-order valence-corrected chi connectivity index (χ3v) is 5.42. The third-order valence-electron chi connectivity index (χ3n) is 5.18. The molecule has 0 aliphatic rings. The number of aromatic nitrogens is 3. The van der Waals surface area contributed by atoms with E-state index in [4.69, 9.17) is 16.3 Å². The van der Waals surface area contributed by atoms with Gasteiger partial charge in [0.2, 0.25) is 5.91 Å². The van der Waals surface area contributed by atoms with Gasteiger partial charge < -0.3 is 19.2 Å². The molecule has 0 radical (unpaired) electrons. The molecule has 0 spiro atoms. The van der Waals surface area contributed by atoms with Gasteiger partial charge in [-0.2, -0.15) is 0 Å². The maximum Gasteiger partial charge on any atom is 0.222 e. The van der Waals surface area contributed by atoms with Crippen molar-refractivity contribution in [1.29, 1.82) is 0 Å². The molecule has 1 amide bonds. The zero-order valence-corrected chi connectivity index (χ0v) is 17.6. The van der Waals surface area contributed by atoms with Crippen molar-refractivity contribution < 1.29 is 9.53 Å². The lowest BCUT2D eigenvalue weighted by molar-refractivity contribution is -0.121. The number of halogens is 1. The molecule has 0 saturated carbocycles. The van der Waals surface area contributed by atoms with Crippen molar-refractivity contribution in [2.75, 3.05) is 7.11 Å². The number of nitrogens with zero attached hydrogens (tertiary/aromatic N) is 3. The molecule has 4 aromatic rings. The highest BCUT2D eigenvalue weighted by Crippen LogP contribution is 2.29. The van der Waals surface area contributed by atoms with Crippen LogP contribution in [0, 0.1) is 0 Å². The minimum atomic E-state index is -0.408. The fourth-order valence-electron chi connectivity index (χ4n) is 3.66. The maximum atomic E-state index is 12.9. The Kier molecular flexibility index (Phi) is 5.77. The molecule has 0 saturated heterocycles. The standard InChI is InChI=1S/C23H23ClN4O2/c1-27-14-11-25-23(27)22(18-5-3-4-6-20(18)30-2)26-21(29)10-13-28-12-9-16-15-17(24)7-8-19(16)28/h3-9,11-12,14-15,22H,10,13H2,1-2H3,(H,26,29)/t22-/m1/s1. The maximum absolute atomic E-state index is 12.9. The van der Waals surface area contributed by atoms with Gasteiger partial charge in [0.1, 0.15) is 17.6 Å². The highest BCUT2D eigenvalue weighted by molar-refractivity contribution is 6.31. The van der Waals surface area contributed by atoms with E-state index in [0.29, 0.717) is 23.7 Å². The van der Waals surface area contributed by atoms with Crippen molar-refractivity contribution in [2.45, 2.75) is 19.0 Å². The van der Waals surface area contributed by atoms with Crippen LogP contribution < -0.4 is 10.1 Å². The summed E-state index contributed by atoms with van der Waals surface area (Å²) < 4.78 is 9.48. The number of ether oxygens (including phenoxy) is 1. The SMILES string of the molecule is COc1ccccc1[C@@H](NC(=O)CCn1ccc2cc(Cl)ccc21)c1nccn1C. The molecule has 7 heteroatoms. The van der Waals surface area contributed by atoms with E-state index >= 15 is 0 Å². The molecule has 0 fully saturated rings. The molecular formula is C23H23ClN4O2. The summed E-state index contributed by atoms with van der Waals surface area (Å²) >= 11 is 6.07. The summed E-state index contributed by atoms with van der Waals surface area (Å²) in [4.78, 5) is 17.4. The van der Waals surface area contributed by atoms with Crippen LogP contribution in [0.25, 0.3) is 10.9 Å². The van der Waals surface area contributed by atoms with E-state index in [2.05, 4.69) is 14.9 Å². The third kappa shape index (κ3) is 4.04. The van der Waals surface area contributed by atoms with Gasteiger partial charge in [-0.3, -0.25) is 4.79 Å². The number of para-hydroxylation sites is 1. The molecule has 1 N–H and O–H groups in total. The molecule has 0 bridgehead atoms. The van der Waals surface area contributed by atoms with Crippen molar-refractivity contribution in [3.63, 3.8) is 0 Å². The predicted octanol–water partition coefficient (Wildman–Crippen LogP) is 4.33. The summed E-state index contributed by atoms with van der Waals surface area (Å²) in [5.74, 6) is 1.39. The monoisotopic (exact) mass is 422 g/mol. The van der Waals surface area contributed by atoms with E-state index < -0.39 is 6.04 Å². The van der Waals surface area contributed by atoms with E-state index in [-0.39, 0.29) is 5.91 Å². The Labute approximate surface area is 180 Å². The number of rotatable bonds is 7. The number of aryl methyl sites for hydroxylation is 2. The van der Waals surface area contributed by atoms with Crippen molar-refractivity contribution in [2.24, 2.45) is 7.05 Å². The molecule has 154 valence electrons. The Morgan fingerprint density at radius 2 is 2.03 bits per heavy atom. The Bertz CT molecular complexity index is 1180. The lowest BCUT2D eigenvalue weighted by Crippen LogP contribution is -2.31. The van der Waals surface area contributed by atoms with Gasteiger partial charge in [-0.1, -0.05) is 29.8 Å². The second-order valence-electron chi connectivity index (χ2n) is 7.10. The zero-order valence-electron chi connectivity index (χ0n) is 16.9. The molecule has 6 nitrogen and oxygen atoms in total. The Hall–Kier alpha value is -3.25. The highest BCUT2D eigenvalue weighted by Gasteiger charge is 2.23. The van der Waals surface area contributed by atoms with Crippen molar-refractivity contribution in [3.8, 4) is 5.75 Å². The zero-order chi connectivity index (χ0) is 21.1. The lowest BCUT2D eigenvalue weighted by atomic mass is 10.0. The molecule has 0 unspecified atom stereocenters. The van der Waals surface area contributed by atoms with E-state index in [9.17, 15) is 4.79 Å². The summed E-state index contributed by atoms with van der Waals surface area (Å²) in [7, 11) is 3.54. The van der Waals surface area contributed by atoms with Crippen LogP contribution in [0.15, 0.2) is 67.1 Å². The second kappa shape index (κ2) is 8.63. The highest BCUT2D eigenvalue weighted by atomic mass is 35.5. The minimum Gasteiger partial charge on any atom is -0.496 e. The van der Waals surface area contributed by atoms with Gasteiger partial charge in [-0.05, 0) is 30.3 Å². The first-order valence-corrected chi connectivity index (χ1v) is 10.1. The topological polar surface area (TPSA) is 61.1 Å². The quantitative estimate of drug-likeness (QED) is 0.482. The van der Waals surface area contributed by atoms with E-state index in [0.717, 1.165) is 22.3 Å². The molecule has 0 aliphatic carbocycles. The Balaban J connectivity index is 1.54. The predicted molar refractivity (Wildman–Crippen MR) is 118 cm³/mol. The normalized spacial score (nSPS) is 12.1. The van der Waals surface area contributed by atoms with Crippen LogP contribution in [0.4, 0.5) is 0 Å². The fraction of sp³-hybridized carbons (Fsp3) is 0.217. The molecule has 2 heterocycles. The summed E-state index contributed by atoms with van der Waals surface area (Å²) in [5.41, 5.74) is 1.92. The molecule has 1 atom stereocenters. The van der Waals surface area contributed by atoms with Crippen LogP contribution in [0.5, 0.6) is 5.75 Å². The summed E-state index contributed by atoms with van der Waals surface area (Å²) in [5, 5.41) is 4.89. The second-order valence-corrected chi connectivity index (χ2v) is 7.54. The number of hydrogen-bond acceptors (Lipinski definition) is 3. The van der Waals surface area contributed by atoms with E-state index in [1.807, 2.05) is 72.5 Å². The van der Waals surface area contributed by atoms with E-state index in [1.165, 1.54) is 0 Å². The lowest BCUT2D eigenvalue weighted by Gasteiger charge is -2.21. The number of hydrogen-bond donors (Lipinski definition) is 1. The number of carbonyl (C=O) groups excluding carboxylic acids is 1. The average Bonchev–Trinajstić information content (AvgIpc) is 3.36. The Morgan fingerprint density at radius 1 is 1.20 bits per heavy atom. The number of imidazole rings is 1. The Morgan fingerprint density at radius 3 is 2.80 bits per heavy atom. The van der Waals surface area contributed by atoms with Gasteiger partial charge >= 0.3 is 0 Å². The summed E-state index contributed by atoms with van der Waals surface area (Å²) in [6, 6.07) is 15.0. The summed E-state index contributed by atoms with van der Waals surface area (Å²) in [6.07, 6.45) is 5.90. The number of fused-ring (bicyclic) bond motifs is 1. The van der Waals surface area contributed by atoms with Gasteiger partial charge in [0.15, 0.2) is 0 Å². The number of nitrogens with one attached hydrogen (secondary N) is 1. The molecule has 2 aromatic heterocycles. The van der Waals surface area contributed by atoms with Crippen LogP contribution in [-0.2, 0) is 18.4 Å². The van der Waals surface area contributed by atoms with Gasteiger partial charge in [-0.25, -0.2) is 4.98 Å². The number of benzene rings is 2. The number of carbonyl (C=O) groups is 1.